The van der Waals surface area contributed by atoms with Gasteiger partial charge in [0.05, 0.1) is 16.8 Å². The maximum atomic E-state index is 2.53. The van der Waals surface area contributed by atoms with Crippen molar-refractivity contribution in [1.82, 2.24) is 0 Å². The van der Waals surface area contributed by atoms with E-state index in [0.717, 1.165) is 0 Å². The third-order valence-corrected chi connectivity index (χ3v) is 21.3. The topological polar surface area (TPSA) is 3.24 Å². The van der Waals surface area contributed by atoms with Crippen LogP contribution in [0.2, 0.25) is 0 Å². The Morgan fingerprint density at radius 2 is 0.833 bits per heavy atom. The van der Waals surface area contributed by atoms with E-state index in [2.05, 4.69) is 237 Å². The van der Waals surface area contributed by atoms with Crippen LogP contribution >= 0.6 is 7.92 Å². The quantitative estimate of drug-likeness (QED) is 0.127. The molecule has 9 aromatic carbocycles. The van der Waals surface area contributed by atoms with E-state index in [-0.39, 0.29) is 0 Å². The van der Waals surface area contributed by atoms with Crippen molar-refractivity contribution in [3.63, 3.8) is 0 Å². The Labute approximate surface area is 355 Å². The standard InChI is InChI=1S/C57H42NPSi/c1-39-29-35-51-49(37-39)57(47-23-11-9-21-45(47)46-22-10-12-24-48(46)57)50-38-40(2)30-36-52(50)58(51)41-31-33-42(34-32-41)59-53-25-13-15-27-55(53)60(43-17-5-3-6-18-43,44-19-7-4-8-20-44)56-28-16-14-26-54(56)59/h3-38H,1-2H3. The summed E-state index contributed by atoms with van der Waals surface area (Å²) < 4.78 is 0. The second-order valence-corrected chi connectivity index (χ2v) is 22.5. The second kappa shape index (κ2) is 13.5. The Hall–Kier alpha value is -6.57. The molecule has 0 N–H and O–H groups in total. The average molecular weight is 800 g/mol. The third kappa shape index (κ3) is 4.78. The molecule has 0 fully saturated rings. The van der Waals surface area contributed by atoms with Crippen LogP contribution in [0, 0.1) is 13.8 Å². The zero-order valence-corrected chi connectivity index (χ0v) is 35.6. The van der Waals surface area contributed by atoms with E-state index < -0.39 is 21.4 Å². The van der Waals surface area contributed by atoms with Crippen LogP contribution < -0.4 is 41.6 Å². The maximum Gasteiger partial charge on any atom is 0.180 e. The van der Waals surface area contributed by atoms with Crippen molar-refractivity contribution in [2.75, 3.05) is 4.90 Å². The molecule has 0 radical (unpaired) electrons. The highest BCUT2D eigenvalue weighted by atomic mass is 31.1. The molecule has 0 amide bonds. The van der Waals surface area contributed by atoms with Crippen molar-refractivity contribution < 1.29 is 0 Å². The molecule has 60 heavy (non-hydrogen) atoms. The normalized spacial score (nSPS) is 15.0. The minimum absolute atomic E-state index is 0.432. The number of hydrogen-bond acceptors (Lipinski definition) is 1. The summed E-state index contributed by atoms with van der Waals surface area (Å²) in [6, 6.07) is 83.5. The molecule has 2 heterocycles. The van der Waals surface area contributed by atoms with Crippen molar-refractivity contribution in [2.45, 2.75) is 19.3 Å². The summed E-state index contributed by atoms with van der Waals surface area (Å²) in [4.78, 5) is 2.53. The van der Waals surface area contributed by atoms with Gasteiger partial charge in [0.1, 0.15) is 0 Å². The van der Waals surface area contributed by atoms with E-state index in [1.165, 1.54) is 98.2 Å². The predicted molar refractivity (Wildman–Crippen MR) is 257 cm³/mol. The van der Waals surface area contributed by atoms with Gasteiger partial charge in [-0.3, -0.25) is 0 Å². The van der Waals surface area contributed by atoms with E-state index in [1.807, 2.05) is 0 Å². The molecule has 1 aliphatic carbocycles. The van der Waals surface area contributed by atoms with Crippen molar-refractivity contribution in [2.24, 2.45) is 0 Å². The molecule has 0 saturated carbocycles. The lowest BCUT2D eigenvalue weighted by Gasteiger charge is -2.45. The van der Waals surface area contributed by atoms with Gasteiger partial charge < -0.3 is 4.90 Å². The van der Waals surface area contributed by atoms with Gasteiger partial charge in [-0.2, -0.15) is 0 Å². The Bertz CT molecular complexity index is 2950. The van der Waals surface area contributed by atoms with Crippen LogP contribution in [0.1, 0.15) is 33.4 Å². The third-order valence-electron chi connectivity index (χ3n) is 13.4. The Morgan fingerprint density at radius 3 is 1.33 bits per heavy atom. The van der Waals surface area contributed by atoms with Crippen LogP contribution in [0.5, 0.6) is 0 Å². The Balaban J connectivity index is 1.05. The van der Waals surface area contributed by atoms with Gasteiger partial charge in [0.15, 0.2) is 8.07 Å². The molecule has 0 atom stereocenters. The summed E-state index contributed by atoms with van der Waals surface area (Å²) in [5.74, 6) is 0. The lowest BCUT2D eigenvalue weighted by molar-refractivity contribution is 0.750. The van der Waals surface area contributed by atoms with Gasteiger partial charge in [0.2, 0.25) is 0 Å². The van der Waals surface area contributed by atoms with E-state index in [0.29, 0.717) is 0 Å². The maximum absolute atomic E-state index is 2.64. The number of rotatable bonds is 4. The van der Waals surface area contributed by atoms with E-state index in [1.54, 1.807) is 0 Å². The first kappa shape index (κ1) is 35.4. The van der Waals surface area contributed by atoms with E-state index >= 15 is 0 Å². The van der Waals surface area contributed by atoms with Gasteiger partial charge in [-0.25, -0.2) is 0 Å². The highest BCUT2D eigenvalue weighted by molar-refractivity contribution is 7.81. The summed E-state index contributed by atoms with van der Waals surface area (Å²) in [6.45, 7) is 4.47. The molecular weight excluding hydrogens is 758 g/mol. The first-order valence-corrected chi connectivity index (χ1v) is 24.4. The van der Waals surface area contributed by atoms with Crippen molar-refractivity contribution in [3.8, 4) is 11.1 Å². The fraction of sp³-hybridized carbons (Fsp3) is 0.0526. The Morgan fingerprint density at radius 1 is 0.400 bits per heavy atom. The molecular formula is C57H42NPSi. The van der Waals surface area contributed by atoms with Crippen LogP contribution in [0.15, 0.2) is 218 Å². The smallest absolute Gasteiger partial charge is 0.180 e. The fourth-order valence-electron chi connectivity index (χ4n) is 11.1. The number of nitrogens with zero attached hydrogens (tertiary/aromatic N) is 1. The predicted octanol–water partition coefficient (Wildman–Crippen LogP) is 9.90. The van der Waals surface area contributed by atoms with Gasteiger partial charge in [0, 0.05) is 5.69 Å². The Kier molecular flexibility index (Phi) is 7.95. The van der Waals surface area contributed by atoms with Crippen molar-refractivity contribution in [1.29, 1.82) is 0 Å². The van der Waals surface area contributed by atoms with Crippen molar-refractivity contribution >= 4 is 69.7 Å². The van der Waals surface area contributed by atoms with Crippen LogP contribution in [0.4, 0.5) is 17.1 Å². The molecule has 2 aliphatic heterocycles. The molecule has 3 heteroatoms. The molecule has 0 saturated heterocycles. The first-order valence-electron chi connectivity index (χ1n) is 21.0. The molecule has 284 valence electrons. The zero-order chi connectivity index (χ0) is 40.0. The summed E-state index contributed by atoms with van der Waals surface area (Å²) in [5, 5.41) is 10.2. The minimum atomic E-state index is -2.64. The molecule has 9 aromatic rings. The van der Waals surface area contributed by atoms with Gasteiger partial charge in [-0.15, -0.1) is 0 Å². The van der Waals surface area contributed by atoms with Crippen LogP contribution in [-0.4, -0.2) is 8.07 Å². The highest BCUT2D eigenvalue weighted by Gasteiger charge is 2.52. The molecule has 1 nitrogen and oxygen atoms in total. The molecule has 12 rings (SSSR count). The monoisotopic (exact) mass is 799 g/mol. The molecule has 1 spiro atoms. The number of fused-ring (bicyclic) bond motifs is 11. The number of aryl methyl sites for hydroxylation is 2. The molecule has 0 aromatic heterocycles. The number of benzene rings is 9. The SMILES string of the molecule is Cc1ccc2c(c1)C1(c3ccccc3-c3ccccc31)c1cc(C)ccc1N2c1ccc(P2c3ccccc3[Si](c3ccccc3)(c3ccccc3)c3ccccc32)cc1. The number of anilines is 3. The van der Waals surface area contributed by atoms with Crippen molar-refractivity contribution in [3.05, 3.63) is 252 Å². The average Bonchev–Trinajstić information content (AvgIpc) is 3.60. The minimum Gasteiger partial charge on any atom is -0.310 e. The fourth-order valence-corrected chi connectivity index (χ4v) is 20.0. The lowest BCUT2D eigenvalue weighted by atomic mass is 9.64. The molecule has 3 aliphatic rings. The van der Waals surface area contributed by atoms with Crippen LogP contribution in [0.3, 0.4) is 0 Å². The lowest BCUT2D eigenvalue weighted by Crippen LogP contribution is -2.81. The van der Waals surface area contributed by atoms with Crippen LogP contribution in [0.25, 0.3) is 11.1 Å². The molecule has 0 bridgehead atoms. The first-order chi connectivity index (χ1) is 29.6. The van der Waals surface area contributed by atoms with E-state index in [4.69, 9.17) is 0 Å². The van der Waals surface area contributed by atoms with Gasteiger partial charge in [0.25, 0.3) is 0 Å². The summed E-state index contributed by atoms with van der Waals surface area (Å²) in [5.41, 5.74) is 13.8. The summed E-state index contributed by atoms with van der Waals surface area (Å²) in [7, 11) is -3.47. The van der Waals surface area contributed by atoms with Gasteiger partial charge >= 0.3 is 0 Å². The zero-order valence-electron chi connectivity index (χ0n) is 33.7. The summed E-state index contributed by atoms with van der Waals surface area (Å²) >= 11 is 0. The van der Waals surface area contributed by atoms with E-state index in [9.17, 15) is 0 Å². The van der Waals surface area contributed by atoms with Gasteiger partial charge in [-0.1, -0.05) is 205 Å². The molecule has 0 unspecified atom stereocenters. The summed E-state index contributed by atoms with van der Waals surface area (Å²) in [6.07, 6.45) is 0. The van der Waals surface area contributed by atoms with Gasteiger partial charge in [-0.05, 0) is 116 Å². The highest BCUT2D eigenvalue weighted by Crippen LogP contribution is 2.63. The second-order valence-electron chi connectivity index (χ2n) is 16.6. The van der Waals surface area contributed by atoms with Crippen LogP contribution in [-0.2, 0) is 5.41 Å². The number of hydrogen-bond donors (Lipinski definition) is 0. The largest absolute Gasteiger partial charge is 0.310 e.